The molecular weight excluding hydrogens is 224 g/mol. The summed E-state index contributed by atoms with van der Waals surface area (Å²) in [4.78, 5) is 11.8. The zero-order valence-corrected chi connectivity index (χ0v) is 9.68. The molecule has 0 aliphatic carbocycles. The fraction of sp³-hybridized carbons (Fsp3) is 0. The van der Waals surface area contributed by atoms with Crippen molar-refractivity contribution in [1.82, 2.24) is 5.32 Å². The van der Waals surface area contributed by atoms with E-state index >= 15 is 0 Å². The summed E-state index contributed by atoms with van der Waals surface area (Å²) in [6.07, 6.45) is 1.90. The van der Waals surface area contributed by atoms with Gasteiger partial charge < -0.3 is 11.1 Å². The first-order valence-corrected chi connectivity index (χ1v) is 5.72. The molecule has 3 N–H and O–H groups in total. The molecular formula is C15H12N2O. The highest BCUT2D eigenvalue weighted by Crippen LogP contribution is 2.27. The Labute approximate surface area is 105 Å². The van der Waals surface area contributed by atoms with E-state index < -0.39 is 0 Å². The van der Waals surface area contributed by atoms with Crippen molar-refractivity contribution in [2.75, 3.05) is 5.73 Å². The maximum atomic E-state index is 11.8. The molecule has 1 heterocycles. The smallest absolute Gasteiger partial charge is 0.256 e. The van der Waals surface area contributed by atoms with Gasteiger partial charge in [0.1, 0.15) is 0 Å². The van der Waals surface area contributed by atoms with Crippen LogP contribution in [0.2, 0.25) is 0 Å². The molecule has 0 bridgehead atoms. The molecule has 0 saturated heterocycles. The van der Waals surface area contributed by atoms with Gasteiger partial charge in [0.2, 0.25) is 0 Å². The summed E-state index contributed by atoms with van der Waals surface area (Å²) >= 11 is 0. The normalized spacial score (nSPS) is 15.6. The lowest BCUT2D eigenvalue weighted by atomic mass is 10.1. The maximum absolute atomic E-state index is 11.8. The fourth-order valence-electron chi connectivity index (χ4n) is 2.08. The van der Waals surface area contributed by atoms with Gasteiger partial charge in [-0.25, -0.2) is 0 Å². The van der Waals surface area contributed by atoms with E-state index in [1.807, 2.05) is 54.6 Å². The quantitative estimate of drug-likeness (QED) is 0.747. The number of hydrogen-bond donors (Lipinski definition) is 2. The number of anilines is 1. The molecule has 3 heteroatoms. The summed E-state index contributed by atoms with van der Waals surface area (Å²) in [5.74, 6) is -0.0636. The largest absolute Gasteiger partial charge is 0.398 e. The van der Waals surface area contributed by atoms with Crippen molar-refractivity contribution in [2.24, 2.45) is 0 Å². The molecule has 1 amide bonds. The summed E-state index contributed by atoms with van der Waals surface area (Å²) in [5.41, 5.74) is 9.93. The lowest BCUT2D eigenvalue weighted by Gasteiger charge is -2.03. The molecule has 0 aromatic heterocycles. The Kier molecular flexibility index (Phi) is 2.38. The number of fused-ring (bicyclic) bond motifs is 1. The van der Waals surface area contributed by atoms with Gasteiger partial charge in [0.05, 0.1) is 0 Å². The fourth-order valence-corrected chi connectivity index (χ4v) is 2.08. The second kappa shape index (κ2) is 4.04. The zero-order chi connectivity index (χ0) is 12.5. The van der Waals surface area contributed by atoms with E-state index in [4.69, 9.17) is 5.73 Å². The molecule has 0 spiro atoms. The van der Waals surface area contributed by atoms with Crippen molar-refractivity contribution in [3.05, 3.63) is 65.2 Å². The van der Waals surface area contributed by atoms with Crippen molar-refractivity contribution in [2.45, 2.75) is 0 Å². The molecule has 18 heavy (non-hydrogen) atoms. The van der Waals surface area contributed by atoms with Crippen LogP contribution >= 0.6 is 0 Å². The highest BCUT2D eigenvalue weighted by molar-refractivity contribution is 6.12. The lowest BCUT2D eigenvalue weighted by Crippen LogP contribution is -2.12. The van der Waals surface area contributed by atoms with Gasteiger partial charge in [-0.15, -0.1) is 0 Å². The van der Waals surface area contributed by atoms with Crippen LogP contribution in [0.3, 0.4) is 0 Å². The second-order valence-corrected chi connectivity index (χ2v) is 4.19. The van der Waals surface area contributed by atoms with E-state index in [2.05, 4.69) is 5.32 Å². The van der Waals surface area contributed by atoms with Gasteiger partial charge in [-0.3, -0.25) is 4.79 Å². The number of para-hydroxylation sites is 1. The third kappa shape index (κ3) is 1.66. The summed E-state index contributed by atoms with van der Waals surface area (Å²) in [7, 11) is 0. The number of nitrogens with two attached hydrogens (primary N) is 1. The number of amides is 1. The SMILES string of the molecule is Nc1ccccc1C=C1NC(=O)c2ccccc21. The van der Waals surface area contributed by atoms with Crippen molar-refractivity contribution in [3.63, 3.8) is 0 Å². The van der Waals surface area contributed by atoms with E-state index in [-0.39, 0.29) is 5.91 Å². The van der Waals surface area contributed by atoms with Crippen LogP contribution in [-0.2, 0) is 0 Å². The molecule has 0 fully saturated rings. The minimum Gasteiger partial charge on any atom is -0.398 e. The minimum atomic E-state index is -0.0636. The molecule has 3 rings (SSSR count). The first-order chi connectivity index (χ1) is 8.75. The first kappa shape index (κ1) is 10.6. The van der Waals surface area contributed by atoms with Crippen LogP contribution in [0.4, 0.5) is 5.69 Å². The Balaban J connectivity index is 2.11. The molecule has 0 saturated carbocycles. The molecule has 0 atom stereocenters. The van der Waals surface area contributed by atoms with E-state index in [9.17, 15) is 4.79 Å². The number of nitrogens with one attached hydrogen (secondary N) is 1. The standard InChI is InChI=1S/C15H12N2O/c16-13-8-4-1-5-10(13)9-14-11-6-2-3-7-12(11)15(18)17-14/h1-9H,16H2,(H,17,18). The Bertz CT molecular complexity index is 659. The number of hydrogen-bond acceptors (Lipinski definition) is 2. The average molecular weight is 236 g/mol. The second-order valence-electron chi connectivity index (χ2n) is 4.19. The lowest BCUT2D eigenvalue weighted by molar-refractivity contribution is 0.0981. The molecule has 1 aliphatic heterocycles. The summed E-state index contributed by atoms with van der Waals surface area (Å²) in [6.45, 7) is 0. The molecule has 88 valence electrons. The molecule has 3 nitrogen and oxygen atoms in total. The number of nitrogen functional groups attached to an aromatic ring is 1. The van der Waals surface area contributed by atoms with Crippen LogP contribution in [0.25, 0.3) is 11.8 Å². The third-order valence-corrected chi connectivity index (χ3v) is 3.01. The summed E-state index contributed by atoms with van der Waals surface area (Å²) in [6, 6.07) is 15.1. The summed E-state index contributed by atoms with van der Waals surface area (Å²) in [5, 5.41) is 2.86. The van der Waals surface area contributed by atoms with Crippen molar-refractivity contribution in [1.29, 1.82) is 0 Å². The number of benzene rings is 2. The Hall–Kier alpha value is -2.55. The van der Waals surface area contributed by atoms with Crippen LogP contribution in [0.1, 0.15) is 21.5 Å². The molecule has 0 unspecified atom stereocenters. The highest BCUT2D eigenvalue weighted by Gasteiger charge is 2.22. The topological polar surface area (TPSA) is 55.1 Å². The van der Waals surface area contributed by atoms with E-state index in [0.29, 0.717) is 11.3 Å². The van der Waals surface area contributed by atoms with Crippen molar-refractivity contribution >= 4 is 23.4 Å². The van der Waals surface area contributed by atoms with Gasteiger partial charge in [0.15, 0.2) is 0 Å². The number of rotatable bonds is 1. The van der Waals surface area contributed by atoms with Gasteiger partial charge in [0.25, 0.3) is 5.91 Å². The Morgan fingerprint density at radius 1 is 0.944 bits per heavy atom. The van der Waals surface area contributed by atoms with E-state index in [1.54, 1.807) is 0 Å². The first-order valence-electron chi connectivity index (χ1n) is 5.72. The van der Waals surface area contributed by atoms with E-state index in [0.717, 1.165) is 16.8 Å². The van der Waals surface area contributed by atoms with Gasteiger partial charge in [-0.05, 0) is 23.8 Å². The monoisotopic (exact) mass is 236 g/mol. The van der Waals surface area contributed by atoms with Crippen molar-refractivity contribution < 1.29 is 4.79 Å². The predicted octanol–water partition coefficient (Wildman–Crippen LogP) is 2.51. The Morgan fingerprint density at radius 2 is 1.61 bits per heavy atom. The van der Waals surface area contributed by atoms with Crippen LogP contribution < -0.4 is 11.1 Å². The van der Waals surface area contributed by atoms with Gasteiger partial charge in [-0.1, -0.05) is 36.4 Å². The molecule has 1 aliphatic rings. The zero-order valence-electron chi connectivity index (χ0n) is 9.68. The third-order valence-electron chi connectivity index (χ3n) is 3.01. The van der Waals surface area contributed by atoms with Crippen LogP contribution in [0, 0.1) is 0 Å². The van der Waals surface area contributed by atoms with Gasteiger partial charge in [0, 0.05) is 22.5 Å². The summed E-state index contributed by atoms with van der Waals surface area (Å²) < 4.78 is 0. The van der Waals surface area contributed by atoms with Crippen LogP contribution in [-0.4, -0.2) is 5.91 Å². The minimum absolute atomic E-state index is 0.0636. The molecule has 0 radical (unpaired) electrons. The van der Waals surface area contributed by atoms with Crippen molar-refractivity contribution in [3.8, 4) is 0 Å². The average Bonchev–Trinajstić information content (AvgIpc) is 2.70. The van der Waals surface area contributed by atoms with Gasteiger partial charge >= 0.3 is 0 Å². The van der Waals surface area contributed by atoms with Crippen LogP contribution in [0.5, 0.6) is 0 Å². The number of carbonyl (C=O) groups excluding carboxylic acids is 1. The van der Waals surface area contributed by atoms with Gasteiger partial charge in [-0.2, -0.15) is 0 Å². The maximum Gasteiger partial charge on any atom is 0.256 e. The van der Waals surface area contributed by atoms with Crippen LogP contribution in [0.15, 0.2) is 48.5 Å². The number of carbonyl (C=O) groups is 1. The Morgan fingerprint density at radius 3 is 2.39 bits per heavy atom. The highest BCUT2D eigenvalue weighted by atomic mass is 16.1. The molecule has 2 aromatic rings. The molecule has 2 aromatic carbocycles. The van der Waals surface area contributed by atoms with E-state index in [1.165, 1.54) is 0 Å². The predicted molar refractivity (Wildman–Crippen MR) is 72.6 cm³/mol.